The van der Waals surface area contributed by atoms with Gasteiger partial charge in [0.2, 0.25) is 0 Å². The predicted octanol–water partition coefficient (Wildman–Crippen LogP) is 2.24. The van der Waals surface area contributed by atoms with Crippen LogP contribution in [0.5, 0.6) is 0 Å². The molecule has 3 aromatic rings. The highest BCUT2D eigenvalue weighted by molar-refractivity contribution is 6.04. The first-order chi connectivity index (χ1) is 12.0. The predicted molar refractivity (Wildman–Crippen MR) is 95.0 cm³/mol. The molecule has 0 saturated carbocycles. The number of hydrogen-bond donors (Lipinski definition) is 2. The summed E-state index contributed by atoms with van der Waals surface area (Å²) < 4.78 is 3.62. The average molecular weight is 339 g/mol. The van der Waals surface area contributed by atoms with Gasteiger partial charge in [-0.2, -0.15) is 5.10 Å². The minimum atomic E-state index is -0.218. The molecule has 0 unspecified atom stereocenters. The van der Waals surface area contributed by atoms with Crippen LogP contribution in [0.1, 0.15) is 27.4 Å². The summed E-state index contributed by atoms with van der Waals surface area (Å²) >= 11 is 0. The number of hydrogen-bond acceptors (Lipinski definition) is 4. The van der Waals surface area contributed by atoms with Crippen molar-refractivity contribution in [3.63, 3.8) is 0 Å². The van der Waals surface area contributed by atoms with Crippen LogP contribution in [0.2, 0.25) is 0 Å². The second kappa shape index (κ2) is 6.90. The summed E-state index contributed by atoms with van der Waals surface area (Å²) in [7, 11) is 0. The lowest BCUT2D eigenvalue weighted by Crippen LogP contribution is -2.14. The number of amides is 1. The van der Waals surface area contributed by atoms with Crippen LogP contribution < -0.4 is 5.32 Å². The Morgan fingerprint density at radius 3 is 2.48 bits per heavy atom. The van der Waals surface area contributed by atoms with Crippen LogP contribution in [0.25, 0.3) is 5.69 Å². The van der Waals surface area contributed by atoms with E-state index in [1.54, 1.807) is 11.0 Å². The lowest BCUT2D eigenvalue weighted by molar-refractivity contribution is 0.102. The molecule has 0 radical (unpaired) electrons. The number of nitrogens with one attached hydrogen (secondary N) is 1. The van der Waals surface area contributed by atoms with Gasteiger partial charge in [0, 0.05) is 22.8 Å². The zero-order valence-electron chi connectivity index (χ0n) is 14.5. The van der Waals surface area contributed by atoms with Gasteiger partial charge in [0.25, 0.3) is 5.91 Å². The Morgan fingerprint density at radius 2 is 1.88 bits per heavy atom. The molecule has 0 aliphatic carbocycles. The van der Waals surface area contributed by atoms with Gasteiger partial charge in [-0.1, -0.05) is 0 Å². The smallest absolute Gasteiger partial charge is 0.259 e. The van der Waals surface area contributed by atoms with Gasteiger partial charge in [-0.25, -0.2) is 4.98 Å². The lowest BCUT2D eigenvalue weighted by Gasteiger charge is -2.09. The molecule has 3 rings (SSSR count). The van der Waals surface area contributed by atoms with Gasteiger partial charge in [0.1, 0.15) is 0 Å². The molecule has 1 aromatic carbocycles. The molecule has 0 saturated heterocycles. The average Bonchev–Trinajstić information content (AvgIpc) is 3.13. The maximum absolute atomic E-state index is 12.4. The van der Waals surface area contributed by atoms with Crippen LogP contribution in [0, 0.1) is 20.8 Å². The van der Waals surface area contributed by atoms with E-state index in [1.165, 1.54) is 6.20 Å². The van der Waals surface area contributed by atoms with Crippen LogP contribution in [0.15, 0.2) is 36.8 Å². The highest BCUT2D eigenvalue weighted by Gasteiger charge is 2.14. The summed E-state index contributed by atoms with van der Waals surface area (Å²) in [4.78, 5) is 16.7. The number of anilines is 1. The number of benzene rings is 1. The van der Waals surface area contributed by atoms with Crippen molar-refractivity contribution in [3.8, 4) is 5.69 Å². The third-order valence-corrected chi connectivity index (χ3v) is 4.31. The maximum Gasteiger partial charge on any atom is 0.259 e. The van der Waals surface area contributed by atoms with E-state index in [0.29, 0.717) is 17.8 Å². The number of aromatic nitrogens is 4. The zero-order chi connectivity index (χ0) is 18.0. The van der Waals surface area contributed by atoms with E-state index in [9.17, 15) is 4.79 Å². The summed E-state index contributed by atoms with van der Waals surface area (Å²) in [5.74, 6) is -0.218. The monoisotopic (exact) mass is 339 g/mol. The first-order valence-electron chi connectivity index (χ1n) is 8.07. The highest BCUT2D eigenvalue weighted by Crippen LogP contribution is 2.18. The number of rotatable bonds is 5. The SMILES string of the molecule is Cc1ncn(-c2ccc(NC(=O)c3cnn(CCO)c3C)cc2)c1C. The molecule has 2 heterocycles. The zero-order valence-corrected chi connectivity index (χ0v) is 14.5. The van der Waals surface area contributed by atoms with Crippen LogP contribution in [0.4, 0.5) is 5.69 Å². The number of aliphatic hydroxyl groups excluding tert-OH is 1. The molecule has 0 aliphatic heterocycles. The summed E-state index contributed by atoms with van der Waals surface area (Å²) in [6, 6.07) is 7.59. The van der Waals surface area contributed by atoms with Gasteiger partial charge in [-0.15, -0.1) is 0 Å². The molecule has 2 N–H and O–H groups in total. The van der Waals surface area contributed by atoms with Crippen molar-refractivity contribution < 1.29 is 9.90 Å². The summed E-state index contributed by atoms with van der Waals surface area (Å²) in [6.07, 6.45) is 3.31. The Labute approximate surface area is 145 Å². The fourth-order valence-corrected chi connectivity index (χ4v) is 2.65. The second-order valence-corrected chi connectivity index (χ2v) is 5.88. The van der Waals surface area contributed by atoms with Crippen molar-refractivity contribution in [2.75, 3.05) is 11.9 Å². The summed E-state index contributed by atoms with van der Waals surface area (Å²) in [6.45, 7) is 6.16. The van der Waals surface area contributed by atoms with Crippen LogP contribution in [0.3, 0.4) is 0 Å². The van der Waals surface area contributed by atoms with Gasteiger partial charge in [0.15, 0.2) is 0 Å². The minimum absolute atomic E-state index is 0.0157. The summed E-state index contributed by atoms with van der Waals surface area (Å²) in [5, 5.41) is 16.0. The third kappa shape index (κ3) is 3.32. The van der Waals surface area contributed by atoms with Crippen LogP contribution in [-0.2, 0) is 6.54 Å². The number of carbonyl (C=O) groups excluding carboxylic acids is 1. The molecule has 0 bridgehead atoms. The molecule has 0 atom stereocenters. The lowest BCUT2D eigenvalue weighted by atomic mass is 10.2. The molecule has 7 heteroatoms. The normalized spacial score (nSPS) is 10.9. The van der Waals surface area contributed by atoms with Gasteiger partial charge in [-0.05, 0) is 45.0 Å². The topological polar surface area (TPSA) is 85.0 Å². The van der Waals surface area contributed by atoms with E-state index < -0.39 is 0 Å². The second-order valence-electron chi connectivity index (χ2n) is 5.88. The number of nitrogens with zero attached hydrogens (tertiary/aromatic N) is 4. The van der Waals surface area contributed by atoms with Crippen LogP contribution in [-0.4, -0.2) is 37.0 Å². The van der Waals surface area contributed by atoms with Gasteiger partial charge >= 0.3 is 0 Å². The molecule has 7 nitrogen and oxygen atoms in total. The third-order valence-electron chi connectivity index (χ3n) is 4.31. The Bertz CT molecular complexity index is 893. The molecule has 25 heavy (non-hydrogen) atoms. The Kier molecular flexibility index (Phi) is 4.67. The number of carbonyl (C=O) groups is 1. The van der Waals surface area contributed by atoms with Crippen molar-refractivity contribution in [2.45, 2.75) is 27.3 Å². The number of aliphatic hydroxyl groups is 1. The molecule has 2 aromatic heterocycles. The fourth-order valence-electron chi connectivity index (χ4n) is 2.65. The quantitative estimate of drug-likeness (QED) is 0.746. The largest absolute Gasteiger partial charge is 0.394 e. The van der Waals surface area contributed by atoms with E-state index >= 15 is 0 Å². The van der Waals surface area contributed by atoms with Gasteiger partial charge in [0.05, 0.1) is 36.9 Å². The van der Waals surface area contributed by atoms with E-state index in [0.717, 1.165) is 22.8 Å². The first kappa shape index (κ1) is 16.9. The molecule has 0 spiro atoms. The van der Waals surface area contributed by atoms with Crippen molar-refractivity contribution in [1.29, 1.82) is 0 Å². The van der Waals surface area contributed by atoms with Gasteiger partial charge in [-0.3, -0.25) is 9.48 Å². The highest BCUT2D eigenvalue weighted by atomic mass is 16.3. The Balaban J connectivity index is 1.75. The van der Waals surface area contributed by atoms with E-state index in [1.807, 2.05) is 49.6 Å². The molecular weight excluding hydrogens is 318 g/mol. The van der Waals surface area contributed by atoms with Gasteiger partial charge < -0.3 is 15.0 Å². The number of aryl methyl sites for hydroxylation is 1. The Morgan fingerprint density at radius 1 is 1.16 bits per heavy atom. The maximum atomic E-state index is 12.4. The molecule has 1 amide bonds. The van der Waals surface area contributed by atoms with Crippen molar-refractivity contribution >= 4 is 11.6 Å². The van der Waals surface area contributed by atoms with Crippen LogP contribution >= 0.6 is 0 Å². The molecule has 0 aliphatic rings. The van der Waals surface area contributed by atoms with E-state index in [4.69, 9.17) is 5.11 Å². The first-order valence-corrected chi connectivity index (χ1v) is 8.07. The fraction of sp³-hybridized carbons (Fsp3) is 0.278. The Hall–Kier alpha value is -2.93. The van der Waals surface area contributed by atoms with E-state index in [-0.39, 0.29) is 12.5 Å². The molecule has 130 valence electrons. The summed E-state index contributed by atoms with van der Waals surface area (Å²) in [5.41, 5.74) is 5.00. The molecular formula is C18H21N5O2. The van der Waals surface area contributed by atoms with E-state index in [2.05, 4.69) is 15.4 Å². The minimum Gasteiger partial charge on any atom is -0.394 e. The van der Waals surface area contributed by atoms with Crippen molar-refractivity contribution in [3.05, 3.63) is 59.4 Å². The molecule has 0 fully saturated rings. The standard InChI is InChI=1S/C18H21N5O2/c1-12-13(2)22(11-19-12)16-6-4-15(5-7-16)21-18(25)17-10-20-23(8-9-24)14(17)3/h4-7,10-11,24H,8-9H2,1-3H3,(H,21,25). The number of imidazole rings is 1. The van der Waals surface area contributed by atoms with Crippen molar-refractivity contribution in [1.82, 2.24) is 19.3 Å². The van der Waals surface area contributed by atoms with Crippen molar-refractivity contribution in [2.24, 2.45) is 0 Å².